The summed E-state index contributed by atoms with van der Waals surface area (Å²) in [5, 5.41) is 8.63. The van der Waals surface area contributed by atoms with Crippen molar-refractivity contribution in [2.24, 2.45) is 0 Å². The fourth-order valence-corrected chi connectivity index (χ4v) is 4.73. The Morgan fingerprint density at radius 3 is 2.21 bits per heavy atom. The SMILES string of the molecule is c1ccc2c(c1)cn1c3ccccc3c3cc4c(cc3c21)oc1ccccc14. The summed E-state index contributed by atoms with van der Waals surface area (Å²) in [6, 6.07) is 30.1. The molecule has 0 N–H and O–H groups in total. The molecule has 0 spiro atoms. The molecule has 0 saturated carbocycles. The van der Waals surface area contributed by atoms with E-state index in [4.69, 9.17) is 4.42 Å². The lowest BCUT2D eigenvalue weighted by molar-refractivity contribution is 0.669. The summed E-state index contributed by atoms with van der Waals surface area (Å²) in [5.74, 6) is 0. The number of pyridine rings is 1. The van der Waals surface area contributed by atoms with Gasteiger partial charge in [0.15, 0.2) is 0 Å². The second-order valence-electron chi connectivity index (χ2n) is 7.44. The quantitative estimate of drug-likeness (QED) is 0.260. The Morgan fingerprint density at radius 2 is 1.29 bits per heavy atom. The van der Waals surface area contributed by atoms with Crippen LogP contribution in [0.1, 0.15) is 0 Å². The molecule has 2 nitrogen and oxygen atoms in total. The second kappa shape index (κ2) is 4.93. The third kappa shape index (κ3) is 1.68. The number of para-hydroxylation sites is 2. The molecule has 0 atom stereocenters. The van der Waals surface area contributed by atoms with Gasteiger partial charge in [0.05, 0.1) is 11.0 Å². The first-order valence-corrected chi connectivity index (χ1v) is 9.54. The molecule has 130 valence electrons. The van der Waals surface area contributed by atoms with Gasteiger partial charge in [-0.05, 0) is 29.7 Å². The van der Waals surface area contributed by atoms with E-state index < -0.39 is 0 Å². The number of fused-ring (bicyclic) bond motifs is 11. The number of benzene rings is 4. The van der Waals surface area contributed by atoms with Crippen LogP contribution in [0, 0.1) is 0 Å². The average Bonchev–Trinajstić information content (AvgIpc) is 3.31. The highest BCUT2D eigenvalue weighted by Crippen LogP contribution is 2.39. The zero-order valence-corrected chi connectivity index (χ0v) is 15.0. The monoisotopic (exact) mass is 357 g/mol. The Labute approximate surface area is 160 Å². The molecule has 0 unspecified atom stereocenters. The number of hydrogen-bond acceptors (Lipinski definition) is 1. The van der Waals surface area contributed by atoms with E-state index >= 15 is 0 Å². The van der Waals surface area contributed by atoms with Crippen molar-refractivity contribution < 1.29 is 4.42 Å². The van der Waals surface area contributed by atoms with Gasteiger partial charge in [-0.3, -0.25) is 0 Å². The molecule has 0 fully saturated rings. The molecule has 0 saturated heterocycles. The van der Waals surface area contributed by atoms with Crippen molar-refractivity contribution in [3.05, 3.63) is 91.1 Å². The summed E-state index contributed by atoms with van der Waals surface area (Å²) < 4.78 is 8.53. The summed E-state index contributed by atoms with van der Waals surface area (Å²) in [6.45, 7) is 0. The lowest BCUT2D eigenvalue weighted by atomic mass is 10.0. The Balaban J connectivity index is 1.85. The van der Waals surface area contributed by atoms with Crippen molar-refractivity contribution in [2.45, 2.75) is 0 Å². The van der Waals surface area contributed by atoms with Crippen LogP contribution in [0.2, 0.25) is 0 Å². The van der Waals surface area contributed by atoms with Crippen molar-refractivity contribution in [1.29, 1.82) is 0 Å². The molecule has 0 aliphatic rings. The van der Waals surface area contributed by atoms with Gasteiger partial charge in [0.25, 0.3) is 0 Å². The van der Waals surface area contributed by atoms with Crippen molar-refractivity contribution in [2.75, 3.05) is 0 Å². The summed E-state index contributed by atoms with van der Waals surface area (Å²) in [7, 11) is 0. The first kappa shape index (κ1) is 14.3. The molecule has 7 aromatic rings. The van der Waals surface area contributed by atoms with Gasteiger partial charge < -0.3 is 8.82 Å². The van der Waals surface area contributed by atoms with Gasteiger partial charge in [0, 0.05) is 38.5 Å². The molecule has 0 radical (unpaired) electrons. The number of furan rings is 1. The minimum Gasteiger partial charge on any atom is -0.456 e. The highest BCUT2D eigenvalue weighted by atomic mass is 16.3. The molecule has 0 aliphatic heterocycles. The summed E-state index contributed by atoms with van der Waals surface area (Å²) in [4.78, 5) is 0. The molecule has 0 amide bonds. The van der Waals surface area contributed by atoms with Gasteiger partial charge in [0.2, 0.25) is 0 Å². The Kier molecular flexibility index (Phi) is 2.52. The van der Waals surface area contributed by atoms with Gasteiger partial charge in [0.1, 0.15) is 11.2 Å². The maximum Gasteiger partial charge on any atom is 0.136 e. The molecule has 7 rings (SSSR count). The van der Waals surface area contributed by atoms with Crippen LogP contribution in [0.25, 0.3) is 59.9 Å². The van der Waals surface area contributed by atoms with E-state index in [0.717, 1.165) is 11.2 Å². The van der Waals surface area contributed by atoms with E-state index in [1.165, 1.54) is 48.7 Å². The number of nitrogens with zero attached hydrogens (tertiary/aromatic N) is 1. The zero-order valence-electron chi connectivity index (χ0n) is 15.0. The molecule has 4 aromatic carbocycles. The van der Waals surface area contributed by atoms with E-state index in [9.17, 15) is 0 Å². The van der Waals surface area contributed by atoms with Crippen molar-refractivity contribution in [3.8, 4) is 0 Å². The summed E-state index contributed by atoms with van der Waals surface area (Å²) >= 11 is 0. The Bertz CT molecular complexity index is 1720. The minimum absolute atomic E-state index is 0.938. The maximum absolute atomic E-state index is 6.20. The minimum atomic E-state index is 0.938. The second-order valence-corrected chi connectivity index (χ2v) is 7.44. The molecule has 3 heterocycles. The predicted octanol–water partition coefficient (Wildman–Crippen LogP) is 7.30. The Hall–Kier alpha value is -3.78. The Morgan fingerprint density at radius 1 is 0.536 bits per heavy atom. The topological polar surface area (TPSA) is 17.6 Å². The highest BCUT2D eigenvalue weighted by molar-refractivity contribution is 6.23. The summed E-state index contributed by atoms with van der Waals surface area (Å²) in [5.41, 5.74) is 4.35. The molecule has 0 aliphatic carbocycles. The fourth-order valence-electron chi connectivity index (χ4n) is 4.73. The first-order chi connectivity index (χ1) is 13.9. The first-order valence-electron chi connectivity index (χ1n) is 9.54. The van der Waals surface area contributed by atoms with Crippen LogP contribution in [-0.2, 0) is 0 Å². The van der Waals surface area contributed by atoms with Crippen LogP contribution in [0.15, 0.2) is 95.5 Å². The van der Waals surface area contributed by atoms with Gasteiger partial charge in [-0.2, -0.15) is 0 Å². The molecule has 28 heavy (non-hydrogen) atoms. The zero-order chi connectivity index (χ0) is 18.2. The van der Waals surface area contributed by atoms with Crippen molar-refractivity contribution in [3.63, 3.8) is 0 Å². The van der Waals surface area contributed by atoms with Crippen LogP contribution in [0.3, 0.4) is 0 Å². The maximum atomic E-state index is 6.20. The fraction of sp³-hybridized carbons (Fsp3) is 0. The normalized spacial score (nSPS) is 12.3. The third-order valence-electron chi connectivity index (χ3n) is 5.95. The average molecular weight is 357 g/mol. The number of hydrogen-bond donors (Lipinski definition) is 0. The van der Waals surface area contributed by atoms with E-state index in [1.54, 1.807) is 0 Å². The van der Waals surface area contributed by atoms with Crippen LogP contribution >= 0.6 is 0 Å². The van der Waals surface area contributed by atoms with E-state index in [2.05, 4.69) is 83.4 Å². The van der Waals surface area contributed by atoms with Gasteiger partial charge in [-0.25, -0.2) is 0 Å². The van der Waals surface area contributed by atoms with Crippen LogP contribution in [0.4, 0.5) is 0 Å². The highest BCUT2D eigenvalue weighted by Gasteiger charge is 2.15. The number of rotatable bonds is 0. The van der Waals surface area contributed by atoms with E-state index in [1.807, 2.05) is 12.1 Å². The molecular weight excluding hydrogens is 342 g/mol. The van der Waals surface area contributed by atoms with Gasteiger partial charge in [-0.15, -0.1) is 0 Å². The van der Waals surface area contributed by atoms with Crippen molar-refractivity contribution >= 4 is 59.9 Å². The molecular formula is C26H15NO. The molecule has 0 bridgehead atoms. The van der Waals surface area contributed by atoms with E-state index in [-0.39, 0.29) is 0 Å². The largest absolute Gasteiger partial charge is 0.456 e. The lowest BCUT2D eigenvalue weighted by Gasteiger charge is -2.09. The van der Waals surface area contributed by atoms with Crippen LogP contribution in [0.5, 0.6) is 0 Å². The van der Waals surface area contributed by atoms with Crippen LogP contribution < -0.4 is 0 Å². The van der Waals surface area contributed by atoms with Crippen molar-refractivity contribution in [1.82, 2.24) is 4.40 Å². The lowest BCUT2D eigenvalue weighted by Crippen LogP contribution is -1.89. The predicted molar refractivity (Wildman–Crippen MR) is 117 cm³/mol. The number of aromatic nitrogens is 1. The molecule has 2 heteroatoms. The van der Waals surface area contributed by atoms with Gasteiger partial charge >= 0.3 is 0 Å². The molecule has 3 aromatic heterocycles. The van der Waals surface area contributed by atoms with Crippen LogP contribution in [-0.4, -0.2) is 4.40 Å². The third-order valence-corrected chi connectivity index (χ3v) is 5.95. The smallest absolute Gasteiger partial charge is 0.136 e. The summed E-state index contributed by atoms with van der Waals surface area (Å²) in [6.07, 6.45) is 2.25. The van der Waals surface area contributed by atoms with E-state index in [0.29, 0.717) is 0 Å². The standard InChI is InChI=1S/C26H15NO/c1-2-8-17-16(7-1)15-27-23-11-5-3-9-18(23)20-13-21-19-10-4-6-12-24(19)28-25(21)14-22(20)26(17)27/h1-15H. The van der Waals surface area contributed by atoms with Gasteiger partial charge in [-0.1, -0.05) is 60.7 Å².